The molecule has 0 aromatic heterocycles. The van der Waals surface area contributed by atoms with Crippen LogP contribution in [0.5, 0.6) is 0 Å². The summed E-state index contributed by atoms with van der Waals surface area (Å²) in [6.45, 7) is 5.10. The van der Waals surface area contributed by atoms with Crippen molar-refractivity contribution in [1.29, 1.82) is 0 Å². The number of rotatable bonds is 3. The Labute approximate surface area is 66.3 Å². The third kappa shape index (κ3) is 1.80. The van der Waals surface area contributed by atoms with Gasteiger partial charge in [0.15, 0.2) is 0 Å². The molecule has 1 aliphatic rings. The smallest absolute Gasteiger partial charge is 0.226 e. The molecule has 1 aliphatic heterocycles. The van der Waals surface area contributed by atoms with E-state index in [-0.39, 0.29) is 12.5 Å². The van der Waals surface area contributed by atoms with E-state index in [0.29, 0.717) is 25.4 Å². The Balaban J connectivity index is 2.20. The van der Waals surface area contributed by atoms with Crippen molar-refractivity contribution < 1.29 is 9.90 Å². The Bertz CT molecular complexity index is 161. The Hall–Kier alpha value is -0.830. The van der Waals surface area contributed by atoms with Gasteiger partial charge in [-0.25, -0.2) is 0 Å². The number of amides is 1. The van der Waals surface area contributed by atoms with Gasteiger partial charge in [0.2, 0.25) is 5.91 Å². The van der Waals surface area contributed by atoms with Crippen molar-refractivity contribution >= 4 is 5.91 Å². The second-order valence-corrected chi connectivity index (χ2v) is 2.84. The molecular weight excluding hydrogens is 142 g/mol. The summed E-state index contributed by atoms with van der Waals surface area (Å²) in [6.07, 6.45) is 2.02. The maximum Gasteiger partial charge on any atom is 0.226 e. The molecular formula is C8H13NO2. The number of hydrogen-bond donors (Lipinski definition) is 1. The summed E-state index contributed by atoms with van der Waals surface area (Å²) in [4.78, 5) is 12.8. The van der Waals surface area contributed by atoms with Gasteiger partial charge in [0.05, 0.1) is 0 Å². The van der Waals surface area contributed by atoms with Crippen LogP contribution in [0.25, 0.3) is 0 Å². The van der Waals surface area contributed by atoms with Gasteiger partial charge < -0.3 is 10.0 Å². The van der Waals surface area contributed by atoms with Crippen LogP contribution in [-0.4, -0.2) is 35.6 Å². The maximum absolute atomic E-state index is 11.1. The van der Waals surface area contributed by atoms with E-state index in [0.717, 1.165) is 0 Å². The molecule has 1 N–H and O–H groups in total. The molecule has 0 radical (unpaired) electrons. The van der Waals surface area contributed by atoms with E-state index in [4.69, 9.17) is 5.11 Å². The van der Waals surface area contributed by atoms with E-state index in [2.05, 4.69) is 6.58 Å². The Morgan fingerprint density at radius 2 is 2.36 bits per heavy atom. The monoisotopic (exact) mass is 155 g/mol. The van der Waals surface area contributed by atoms with Crippen molar-refractivity contribution in [3.8, 4) is 0 Å². The van der Waals surface area contributed by atoms with Crippen LogP contribution in [0.15, 0.2) is 12.7 Å². The molecule has 62 valence electrons. The molecule has 0 aromatic rings. The molecule has 1 rings (SSSR count). The molecule has 0 aliphatic carbocycles. The molecule has 0 atom stereocenters. The lowest BCUT2D eigenvalue weighted by atomic mass is 10.0. The first-order valence-corrected chi connectivity index (χ1v) is 3.77. The summed E-state index contributed by atoms with van der Waals surface area (Å²) in [7, 11) is 0. The molecule has 0 spiro atoms. The van der Waals surface area contributed by atoms with Crippen molar-refractivity contribution in [2.75, 3.05) is 19.7 Å². The average molecular weight is 155 g/mol. The van der Waals surface area contributed by atoms with Crippen molar-refractivity contribution in [2.45, 2.75) is 6.42 Å². The Morgan fingerprint density at radius 3 is 2.82 bits per heavy atom. The normalized spacial score (nSPS) is 17.7. The van der Waals surface area contributed by atoms with Gasteiger partial charge in [-0.2, -0.15) is 0 Å². The summed E-state index contributed by atoms with van der Waals surface area (Å²) in [5.41, 5.74) is 0. The fourth-order valence-corrected chi connectivity index (χ4v) is 1.14. The molecule has 1 fully saturated rings. The predicted molar refractivity (Wildman–Crippen MR) is 42.0 cm³/mol. The summed E-state index contributed by atoms with van der Waals surface area (Å²) >= 11 is 0. The first kappa shape index (κ1) is 8.27. The SMILES string of the molecule is C=CCC(=O)N1CC(CO)C1. The zero-order valence-electron chi connectivity index (χ0n) is 6.49. The van der Waals surface area contributed by atoms with E-state index in [1.54, 1.807) is 11.0 Å². The number of carbonyl (C=O) groups is 1. The largest absolute Gasteiger partial charge is 0.396 e. The molecule has 1 amide bonds. The molecule has 0 unspecified atom stereocenters. The number of nitrogens with zero attached hydrogens (tertiary/aromatic N) is 1. The van der Waals surface area contributed by atoms with Crippen molar-refractivity contribution in [1.82, 2.24) is 4.90 Å². The van der Waals surface area contributed by atoms with E-state index in [1.807, 2.05) is 0 Å². The minimum absolute atomic E-state index is 0.115. The molecule has 1 saturated heterocycles. The quantitative estimate of drug-likeness (QED) is 0.583. The van der Waals surface area contributed by atoms with Gasteiger partial charge in [-0.15, -0.1) is 6.58 Å². The van der Waals surface area contributed by atoms with Crippen molar-refractivity contribution in [3.05, 3.63) is 12.7 Å². The summed E-state index contributed by atoms with van der Waals surface area (Å²) in [6, 6.07) is 0. The molecule has 11 heavy (non-hydrogen) atoms. The van der Waals surface area contributed by atoms with Gasteiger partial charge in [0.25, 0.3) is 0 Å². The fourth-order valence-electron chi connectivity index (χ4n) is 1.14. The van der Waals surface area contributed by atoms with Crippen LogP contribution in [0.4, 0.5) is 0 Å². The van der Waals surface area contributed by atoms with E-state index >= 15 is 0 Å². The summed E-state index contributed by atoms with van der Waals surface area (Å²) < 4.78 is 0. The highest BCUT2D eigenvalue weighted by Gasteiger charge is 2.28. The molecule has 0 saturated carbocycles. The number of carbonyl (C=O) groups excluding carboxylic acids is 1. The number of likely N-dealkylation sites (tertiary alicyclic amines) is 1. The fraction of sp³-hybridized carbons (Fsp3) is 0.625. The minimum atomic E-state index is 0.115. The Morgan fingerprint density at radius 1 is 1.73 bits per heavy atom. The van der Waals surface area contributed by atoms with Gasteiger partial charge >= 0.3 is 0 Å². The zero-order valence-corrected chi connectivity index (χ0v) is 6.49. The Kier molecular flexibility index (Phi) is 2.65. The maximum atomic E-state index is 11.1. The second-order valence-electron chi connectivity index (χ2n) is 2.84. The minimum Gasteiger partial charge on any atom is -0.396 e. The third-order valence-corrected chi connectivity index (χ3v) is 1.89. The highest BCUT2D eigenvalue weighted by atomic mass is 16.3. The second kappa shape index (κ2) is 3.53. The first-order chi connectivity index (χ1) is 5.27. The van der Waals surface area contributed by atoms with Crippen molar-refractivity contribution in [2.24, 2.45) is 5.92 Å². The highest BCUT2D eigenvalue weighted by Crippen LogP contribution is 2.15. The lowest BCUT2D eigenvalue weighted by molar-refractivity contribution is -0.137. The van der Waals surface area contributed by atoms with E-state index in [1.165, 1.54) is 0 Å². The number of hydrogen-bond acceptors (Lipinski definition) is 2. The van der Waals surface area contributed by atoms with Crippen LogP contribution in [-0.2, 0) is 4.79 Å². The van der Waals surface area contributed by atoms with Crippen LogP contribution < -0.4 is 0 Å². The highest BCUT2D eigenvalue weighted by molar-refractivity contribution is 5.78. The summed E-state index contributed by atoms with van der Waals surface area (Å²) in [5, 5.41) is 8.66. The van der Waals surface area contributed by atoms with Gasteiger partial charge in [-0.1, -0.05) is 6.08 Å². The predicted octanol–water partition coefficient (Wildman–Crippen LogP) is 0.0132. The average Bonchev–Trinajstić information content (AvgIpc) is 1.86. The number of aliphatic hydroxyl groups excluding tert-OH is 1. The molecule has 3 nitrogen and oxygen atoms in total. The number of aliphatic hydroxyl groups is 1. The molecule has 0 aromatic carbocycles. The zero-order chi connectivity index (χ0) is 8.27. The standard InChI is InChI=1S/C8H13NO2/c1-2-3-8(11)9-4-7(5-9)6-10/h2,7,10H,1,3-6H2. The van der Waals surface area contributed by atoms with Crippen LogP contribution in [0.2, 0.25) is 0 Å². The van der Waals surface area contributed by atoms with Crippen LogP contribution >= 0.6 is 0 Å². The van der Waals surface area contributed by atoms with Crippen LogP contribution in [0, 0.1) is 5.92 Å². The molecule has 1 heterocycles. The van der Waals surface area contributed by atoms with E-state index in [9.17, 15) is 4.79 Å². The van der Waals surface area contributed by atoms with Crippen LogP contribution in [0.3, 0.4) is 0 Å². The lowest BCUT2D eigenvalue weighted by Gasteiger charge is -2.38. The van der Waals surface area contributed by atoms with Gasteiger partial charge in [-0.05, 0) is 0 Å². The lowest BCUT2D eigenvalue weighted by Crippen LogP contribution is -2.51. The molecule has 3 heteroatoms. The first-order valence-electron chi connectivity index (χ1n) is 3.77. The van der Waals surface area contributed by atoms with Crippen molar-refractivity contribution in [3.63, 3.8) is 0 Å². The topological polar surface area (TPSA) is 40.5 Å². The van der Waals surface area contributed by atoms with Gasteiger partial charge in [-0.3, -0.25) is 4.79 Å². The van der Waals surface area contributed by atoms with Gasteiger partial charge in [0, 0.05) is 32.0 Å². The third-order valence-electron chi connectivity index (χ3n) is 1.89. The van der Waals surface area contributed by atoms with Gasteiger partial charge in [0.1, 0.15) is 0 Å². The van der Waals surface area contributed by atoms with Crippen LogP contribution in [0.1, 0.15) is 6.42 Å². The van der Waals surface area contributed by atoms with E-state index < -0.39 is 0 Å². The summed E-state index contributed by atoms with van der Waals surface area (Å²) in [5.74, 6) is 0.425. The molecule has 0 bridgehead atoms.